The molecule has 1 saturated carbocycles. The first-order chi connectivity index (χ1) is 17.2. The van der Waals surface area contributed by atoms with Crippen LogP contribution in [-0.2, 0) is 21.2 Å². The van der Waals surface area contributed by atoms with E-state index in [0.717, 1.165) is 37.7 Å². The number of sulfonamides is 1. The Hall–Kier alpha value is -2.26. The summed E-state index contributed by atoms with van der Waals surface area (Å²) < 4.78 is 28.3. The molecule has 3 atom stereocenters. The number of benzene rings is 2. The quantitative estimate of drug-likeness (QED) is 0.379. The molecule has 7 nitrogen and oxygen atoms in total. The summed E-state index contributed by atoms with van der Waals surface area (Å²) in [7, 11) is -3.86. The number of rotatable bonds is 13. The van der Waals surface area contributed by atoms with Crippen molar-refractivity contribution in [1.82, 2.24) is 9.62 Å². The SMILES string of the molecule is CCC1(C(=O)N[C@@H](Cc2ccccc2)[C@H](O)CN(CC(C)CN)S(=O)(=O)c2ccccc2)CCCC1. The molecule has 1 amide bonds. The van der Waals surface area contributed by atoms with Gasteiger partial charge in [0.2, 0.25) is 15.9 Å². The van der Waals surface area contributed by atoms with Gasteiger partial charge in [0.25, 0.3) is 0 Å². The lowest BCUT2D eigenvalue weighted by atomic mass is 9.82. The van der Waals surface area contributed by atoms with Crippen molar-refractivity contribution in [2.45, 2.75) is 69.4 Å². The highest BCUT2D eigenvalue weighted by Crippen LogP contribution is 2.41. The zero-order valence-electron chi connectivity index (χ0n) is 21.5. The minimum atomic E-state index is -3.86. The fraction of sp³-hybridized carbons (Fsp3) is 0.536. The Labute approximate surface area is 216 Å². The van der Waals surface area contributed by atoms with Crippen molar-refractivity contribution in [3.05, 3.63) is 66.2 Å². The normalized spacial score (nSPS) is 18.0. The Morgan fingerprint density at radius 1 is 1.06 bits per heavy atom. The summed E-state index contributed by atoms with van der Waals surface area (Å²) in [6.45, 7) is 4.28. The Bertz CT molecular complexity index is 1060. The predicted molar refractivity (Wildman–Crippen MR) is 143 cm³/mol. The van der Waals surface area contributed by atoms with Crippen LogP contribution in [0.5, 0.6) is 0 Å². The van der Waals surface area contributed by atoms with Crippen LogP contribution in [0.2, 0.25) is 0 Å². The first-order valence-corrected chi connectivity index (χ1v) is 14.4. The Kier molecular flexibility index (Phi) is 10.1. The molecule has 1 fully saturated rings. The van der Waals surface area contributed by atoms with E-state index in [1.807, 2.05) is 44.2 Å². The van der Waals surface area contributed by atoms with Gasteiger partial charge in [0.05, 0.1) is 17.0 Å². The molecule has 4 N–H and O–H groups in total. The lowest BCUT2D eigenvalue weighted by molar-refractivity contribution is -0.132. The second-order valence-electron chi connectivity index (χ2n) is 10.2. The van der Waals surface area contributed by atoms with E-state index < -0.39 is 27.6 Å². The highest BCUT2D eigenvalue weighted by Gasteiger charge is 2.41. The van der Waals surface area contributed by atoms with Crippen molar-refractivity contribution in [3.8, 4) is 0 Å². The van der Waals surface area contributed by atoms with E-state index in [1.54, 1.807) is 30.3 Å². The monoisotopic (exact) mass is 515 g/mol. The van der Waals surface area contributed by atoms with E-state index >= 15 is 0 Å². The van der Waals surface area contributed by atoms with Gasteiger partial charge in [-0.3, -0.25) is 4.79 Å². The maximum absolute atomic E-state index is 13.5. The van der Waals surface area contributed by atoms with Gasteiger partial charge in [0.15, 0.2) is 0 Å². The molecule has 0 spiro atoms. The fourth-order valence-electron chi connectivity index (χ4n) is 5.04. The third-order valence-electron chi connectivity index (χ3n) is 7.49. The number of hydrogen-bond acceptors (Lipinski definition) is 5. The molecular formula is C28H41N3O4S. The molecule has 3 rings (SSSR count). The summed E-state index contributed by atoms with van der Waals surface area (Å²) in [5, 5.41) is 14.6. The van der Waals surface area contributed by atoms with Crippen LogP contribution in [-0.4, -0.2) is 55.5 Å². The van der Waals surface area contributed by atoms with E-state index in [1.165, 1.54) is 4.31 Å². The molecular weight excluding hydrogens is 474 g/mol. The summed E-state index contributed by atoms with van der Waals surface area (Å²) in [6.07, 6.45) is 3.76. The molecule has 0 radical (unpaired) electrons. The number of carbonyl (C=O) groups is 1. The molecule has 0 heterocycles. The molecule has 0 bridgehead atoms. The molecule has 0 aliphatic heterocycles. The van der Waals surface area contributed by atoms with Gasteiger partial charge in [-0.25, -0.2) is 8.42 Å². The van der Waals surface area contributed by atoms with Crippen molar-refractivity contribution in [2.75, 3.05) is 19.6 Å². The van der Waals surface area contributed by atoms with Crippen molar-refractivity contribution < 1.29 is 18.3 Å². The largest absolute Gasteiger partial charge is 0.390 e. The Balaban J connectivity index is 1.88. The maximum atomic E-state index is 13.5. The number of hydrogen-bond donors (Lipinski definition) is 3. The summed E-state index contributed by atoms with van der Waals surface area (Å²) in [5.74, 6) is -0.144. The Morgan fingerprint density at radius 2 is 1.64 bits per heavy atom. The molecule has 0 aromatic heterocycles. The van der Waals surface area contributed by atoms with Gasteiger partial charge in [-0.2, -0.15) is 4.31 Å². The molecule has 8 heteroatoms. The van der Waals surface area contributed by atoms with Gasteiger partial charge in [-0.1, -0.05) is 75.2 Å². The standard InChI is InChI=1S/C28H41N3O4S/c1-3-28(16-10-11-17-28)27(33)30-25(18-23-12-6-4-7-13-23)26(32)21-31(20-22(2)19-29)36(34,35)24-14-8-5-9-15-24/h4-9,12-15,22,25-26,32H,3,10-11,16-21,29H2,1-2H3,(H,30,33)/t22?,25-,26+/m0/s1. The van der Waals surface area contributed by atoms with E-state index in [-0.39, 0.29) is 29.8 Å². The van der Waals surface area contributed by atoms with Gasteiger partial charge < -0.3 is 16.2 Å². The van der Waals surface area contributed by atoms with Crippen LogP contribution in [0.15, 0.2) is 65.6 Å². The van der Waals surface area contributed by atoms with Crippen LogP contribution < -0.4 is 11.1 Å². The number of aliphatic hydroxyl groups is 1. The maximum Gasteiger partial charge on any atom is 0.243 e. The van der Waals surface area contributed by atoms with Crippen LogP contribution in [0.3, 0.4) is 0 Å². The van der Waals surface area contributed by atoms with Crippen molar-refractivity contribution >= 4 is 15.9 Å². The van der Waals surface area contributed by atoms with Crippen molar-refractivity contribution in [1.29, 1.82) is 0 Å². The van der Waals surface area contributed by atoms with Gasteiger partial charge in [-0.15, -0.1) is 0 Å². The smallest absolute Gasteiger partial charge is 0.243 e. The number of aliphatic hydroxyl groups excluding tert-OH is 1. The van der Waals surface area contributed by atoms with Crippen LogP contribution >= 0.6 is 0 Å². The van der Waals surface area contributed by atoms with Crippen molar-refractivity contribution in [3.63, 3.8) is 0 Å². The van der Waals surface area contributed by atoms with Crippen molar-refractivity contribution in [2.24, 2.45) is 17.1 Å². The van der Waals surface area contributed by atoms with Gasteiger partial charge in [-0.05, 0) is 55.8 Å². The van der Waals surface area contributed by atoms with Crippen LogP contribution in [0, 0.1) is 11.3 Å². The zero-order valence-corrected chi connectivity index (χ0v) is 22.3. The highest BCUT2D eigenvalue weighted by atomic mass is 32.2. The van der Waals surface area contributed by atoms with E-state index in [0.29, 0.717) is 13.0 Å². The van der Waals surface area contributed by atoms with E-state index in [4.69, 9.17) is 5.73 Å². The average molecular weight is 516 g/mol. The molecule has 1 aliphatic carbocycles. The minimum Gasteiger partial charge on any atom is -0.390 e. The summed E-state index contributed by atoms with van der Waals surface area (Å²) >= 11 is 0. The first-order valence-electron chi connectivity index (χ1n) is 13.0. The minimum absolute atomic E-state index is 0.0460. The lowest BCUT2D eigenvalue weighted by Crippen LogP contribution is -2.54. The third kappa shape index (κ3) is 6.94. The molecule has 2 aromatic carbocycles. The van der Waals surface area contributed by atoms with Gasteiger partial charge >= 0.3 is 0 Å². The first kappa shape index (κ1) is 28.3. The highest BCUT2D eigenvalue weighted by molar-refractivity contribution is 7.89. The van der Waals surface area contributed by atoms with Crippen LogP contribution in [0.25, 0.3) is 0 Å². The second kappa shape index (κ2) is 12.8. The van der Waals surface area contributed by atoms with Crippen LogP contribution in [0.1, 0.15) is 51.5 Å². The number of nitrogens with one attached hydrogen (secondary N) is 1. The van der Waals surface area contributed by atoms with E-state index in [2.05, 4.69) is 5.32 Å². The van der Waals surface area contributed by atoms with Crippen LogP contribution in [0.4, 0.5) is 0 Å². The number of amides is 1. The molecule has 0 saturated heterocycles. The van der Waals surface area contributed by atoms with E-state index in [9.17, 15) is 18.3 Å². The summed E-state index contributed by atoms with van der Waals surface area (Å²) in [5.41, 5.74) is 6.37. The summed E-state index contributed by atoms with van der Waals surface area (Å²) in [6, 6.07) is 17.2. The number of nitrogens with zero attached hydrogens (tertiary/aromatic N) is 1. The van der Waals surface area contributed by atoms with Gasteiger partial charge in [0, 0.05) is 18.5 Å². The fourth-order valence-corrected chi connectivity index (χ4v) is 6.64. The molecule has 1 aliphatic rings. The number of carbonyl (C=O) groups excluding carboxylic acids is 1. The summed E-state index contributed by atoms with van der Waals surface area (Å²) in [4.78, 5) is 13.6. The van der Waals surface area contributed by atoms with Gasteiger partial charge in [0.1, 0.15) is 0 Å². The molecule has 1 unspecified atom stereocenters. The average Bonchev–Trinajstić information content (AvgIpc) is 3.39. The lowest BCUT2D eigenvalue weighted by Gasteiger charge is -2.34. The molecule has 2 aromatic rings. The predicted octanol–water partition coefficient (Wildman–Crippen LogP) is 3.33. The number of nitrogens with two attached hydrogens (primary N) is 1. The Morgan fingerprint density at radius 3 is 2.19 bits per heavy atom. The third-order valence-corrected chi connectivity index (χ3v) is 9.33. The zero-order chi connectivity index (χ0) is 26.2. The molecule has 198 valence electrons. The molecule has 36 heavy (non-hydrogen) atoms. The second-order valence-corrected chi connectivity index (χ2v) is 12.1. The topological polar surface area (TPSA) is 113 Å².